The highest BCUT2D eigenvalue weighted by atomic mass is 35.5. The van der Waals surface area contributed by atoms with Gasteiger partial charge in [-0.25, -0.2) is 0 Å². The number of rotatable bonds is 7. The lowest BCUT2D eigenvalue weighted by Gasteiger charge is -2.11. The molecule has 3 rings (SSSR count). The number of hydrogen-bond donors (Lipinski definition) is 1. The summed E-state index contributed by atoms with van der Waals surface area (Å²) in [6, 6.07) is 25.0. The maximum Gasteiger partial charge on any atom is 0.227 e. The van der Waals surface area contributed by atoms with E-state index < -0.39 is 0 Å². The van der Waals surface area contributed by atoms with Crippen molar-refractivity contribution in [1.82, 2.24) is 0 Å². The molecule has 3 aromatic carbocycles. The van der Waals surface area contributed by atoms with Gasteiger partial charge in [0.25, 0.3) is 0 Å². The SMILES string of the molecule is O=C(CCOc1ccccc1Cl)Nc1ccccc1Sc1ccccc1. The van der Waals surface area contributed by atoms with Crippen LogP contribution in [-0.4, -0.2) is 12.5 Å². The van der Waals surface area contributed by atoms with E-state index in [-0.39, 0.29) is 18.9 Å². The van der Waals surface area contributed by atoms with Gasteiger partial charge in [0, 0.05) is 9.79 Å². The number of carbonyl (C=O) groups is 1. The normalized spacial score (nSPS) is 10.3. The quantitative estimate of drug-likeness (QED) is 0.552. The molecular weight excluding hydrogens is 366 g/mol. The number of nitrogens with one attached hydrogen (secondary N) is 1. The van der Waals surface area contributed by atoms with E-state index >= 15 is 0 Å². The summed E-state index contributed by atoms with van der Waals surface area (Å²) in [7, 11) is 0. The zero-order chi connectivity index (χ0) is 18.2. The summed E-state index contributed by atoms with van der Waals surface area (Å²) in [5.41, 5.74) is 0.795. The number of ether oxygens (including phenoxy) is 1. The largest absolute Gasteiger partial charge is 0.491 e. The lowest BCUT2D eigenvalue weighted by molar-refractivity contribution is -0.116. The Bertz CT molecular complexity index is 871. The van der Waals surface area contributed by atoms with Crippen molar-refractivity contribution in [3.8, 4) is 5.75 Å². The first-order valence-corrected chi connectivity index (χ1v) is 9.41. The minimum Gasteiger partial charge on any atom is -0.491 e. The van der Waals surface area contributed by atoms with Crippen LogP contribution in [0.15, 0.2) is 88.7 Å². The fourth-order valence-electron chi connectivity index (χ4n) is 2.30. The van der Waals surface area contributed by atoms with Crippen LogP contribution in [0.3, 0.4) is 0 Å². The van der Waals surface area contributed by atoms with E-state index in [1.165, 1.54) is 0 Å². The molecule has 5 heteroatoms. The van der Waals surface area contributed by atoms with Crippen LogP contribution in [0.1, 0.15) is 6.42 Å². The molecule has 1 amide bonds. The van der Waals surface area contributed by atoms with E-state index in [2.05, 4.69) is 5.32 Å². The molecule has 0 fully saturated rings. The van der Waals surface area contributed by atoms with Gasteiger partial charge in [0.1, 0.15) is 5.75 Å². The molecule has 0 spiro atoms. The average Bonchev–Trinajstić information content (AvgIpc) is 2.66. The molecule has 0 aliphatic heterocycles. The van der Waals surface area contributed by atoms with Crippen molar-refractivity contribution in [3.05, 3.63) is 83.9 Å². The molecule has 0 saturated heterocycles. The van der Waals surface area contributed by atoms with E-state index in [9.17, 15) is 4.79 Å². The van der Waals surface area contributed by atoms with Gasteiger partial charge >= 0.3 is 0 Å². The van der Waals surface area contributed by atoms with E-state index in [0.29, 0.717) is 10.8 Å². The third-order valence-electron chi connectivity index (χ3n) is 3.56. The molecule has 3 nitrogen and oxygen atoms in total. The summed E-state index contributed by atoms with van der Waals surface area (Å²) >= 11 is 7.65. The minimum atomic E-state index is -0.0989. The molecule has 0 heterocycles. The van der Waals surface area contributed by atoms with Crippen molar-refractivity contribution in [3.63, 3.8) is 0 Å². The molecule has 26 heavy (non-hydrogen) atoms. The van der Waals surface area contributed by atoms with Gasteiger partial charge in [0.05, 0.1) is 23.7 Å². The van der Waals surface area contributed by atoms with Crippen molar-refractivity contribution < 1.29 is 9.53 Å². The van der Waals surface area contributed by atoms with Crippen LogP contribution in [-0.2, 0) is 4.79 Å². The molecule has 0 unspecified atom stereocenters. The Kier molecular flexibility index (Phi) is 6.58. The number of amides is 1. The van der Waals surface area contributed by atoms with Gasteiger partial charge in [-0.1, -0.05) is 65.8 Å². The summed E-state index contributed by atoms with van der Waals surface area (Å²) in [5, 5.41) is 3.50. The molecule has 0 saturated carbocycles. The number of anilines is 1. The van der Waals surface area contributed by atoms with E-state index in [1.54, 1.807) is 23.9 Å². The van der Waals surface area contributed by atoms with E-state index in [1.807, 2.05) is 66.7 Å². The zero-order valence-corrected chi connectivity index (χ0v) is 15.6. The fourth-order valence-corrected chi connectivity index (χ4v) is 3.42. The second-order valence-corrected chi connectivity index (χ2v) is 7.01. The first kappa shape index (κ1) is 18.4. The van der Waals surface area contributed by atoms with Crippen molar-refractivity contribution in [2.45, 2.75) is 16.2 Å². The molecule has 0 radical (unpaired) electrons. The second kappa shape index (κ2) is 9.32. The van der Waals surface area contributed by atoms with Gasteiger partial charge in [-0.3, -0.25) is 4.79 Å². The molecule has 0 bridgehead atoms. The summed E-state index contributed by atoms with van der Waals surface area (Å²) in [4.78, 5) is 14.4. The first-order valence-electron chi connectivity index (χ1n) is 8.21. The van der Waals surface area contributed by atoms with Crippen LogP contribution in [0, 0.1) is 0 Å². The predicted molar refractivity (Wildman–Crippen MR) is 107 cm³/mol. The Hall–Kier alpha value is -2.43. The van der Waals surface area contributed by atoms with Gasteiger partial charge < -0.3 is 10.1 Å². The zero-order valence-electron chi connectivity index (χ0n) is 14.0. The predicted octanol–water partition coefficient (Wildman–Crippen LogP) is 5.90. The fraction of sp³-hybridized carbons (Fsp3) is 0.0952. The van der Waals surface area contributed by atoms with Crippen LogP contribution in [0.4, 0.5) is 5.69 Å². The third-order valence-corrected chi connectivity index (χ3v) is 4.95. The molecule has 0 aliphatic carbocycles. The lowest BCUT2D eigenvalue weighted by Crippen LogP contribution is -2.15. The number of hydrogen-bond acceptors (Lipinski definition) is 3. The van der Waals surface area contributed by atoms with Gasteiger partial charge in [0.15, 0.2) is 0 Å². The lowest BCUT2D eigenvalue weighted by atomic mass is 10.3. The highest BCUT2D eigenvalue weighted by Gasteiger charge is 2.09. The molecule has 1 N–H and O–H groups in total. The highest BCUT2D eigenvalue weighted by molar-refractivity contribution is 7.99. The van der Waals surface area contributed by atoms with Gasteiger partial charge in [-0.15, -0.1) is 0 Å². The molecule has 0 aliphatic rings. The summed E-state index contributed by atoms with van der Waals surface area (Å²) in [6.07, 6.45) is 0.246. The highest BCUT2D eigenvalue weighted by Crippen LogP contribution is 2.33. The molecular formula is C21H18ClNO2S. The molecule has 3 aromatic rings. The Labute approximate surface area is 162 Å². The third kappa shape index (κ3) is 5.28. The average molecular weight is 384 g/mol. The maximum atomic E-state index is 12.3. The van der Waals surface area contributed by atoms with Gasteiger partial charge in [-0.2, -0.15) is 0 Å². The van der Waals surface area contributed by atoms with Gasteiger partial charge in [-0.05, 0) is 36.4 Å². The summed E-state index contributed by atoms with van der Waals surface area (Å²) in [6.45, 7) is 0.267. The Morgan fingerprint density at radius 2 is 1.62 bits per heavy atom. The second-order valence-electron chi connectivity index (χ2n) is 5.49. The van der Waals surface area contributed by atoms with Crippen molar-refractivity contribution in [2.24, 2.45) is 0 Å². The number of para-hydroxylation sites is 2. The Morgan fingerprint density at radius 3 is 2.42 bits per heavy atom. The molecule has 0 aromatic heterocycles. The van der Waals surface area contributed by atoms with E-state index in [4.69, 9.17) is 16.3 Å². The maximum absolute atomic E-state index is 12.3. The van der Waals surface area contributed by atoms with Crippen LogP contribution in [0.5, 0.6) is 5.75 Å². The van der Waals surface area contributed by atoms with Crippen LogP contribution in [0.25, 0.3) is 0 Å². The van der Waals surface area contributed by atoms with Crippen LogP contribution >= 0.6 is 23.4 Å². The van der Waals surface area contributed by atoms with Crippen molar-refractivity contribution in [2.75, 3.05) is 11.9 Å². The Balaban J connectivity index is 1.57. The molecule has 132 valence electrons. The summed E-state index contributed by atoms with van der Waals surface area (Å²) < 4.78 is 5.57. The molecule has 0 atom stereocenters. The smallest absolute Gasteiger partial charge is 0.227 e. The standard InChI is InChI=1S/C21H18ClNO2S/c22-17-10-4-6-12-19(17)25-15-14-21(24)23-18-11-5-7-13-20(18)26-16-8-2-1-3-9-16/h1-13H,14-15H2,(H,23,24). The number of halogens is 1. The van der Waals surface area contributed by atoms with Gasteiger partial charge in [0.2, 0.25) is 5.91 Å². The number of benzene rings is 3. The Morgan fingerprint density at radius 1 is 0.923 bits per heavy atom. The van der Waals surface area contributed by atoms with Crippen LogP contribution in [0.2, 0.25) is 5.02 Å². The monoisotopic (exact) mass is 383 g/mol. The summed E-state index contributed by atoms with van der Waals surface area (Å²) in [5.74, 6) is 0.486. The van der Waals surface area contributed by atoms with Crippen LogP contribution < -0.4 is 10.1 Å². The van der Waals surface area contributed by atoms with Crippen molar-refractivity contribution in [1.29, 1.82) is 0 Å². The number of carbonyl (C=O) groups excluding carboxylic acids is 1. The minimum absolute atomic E-state index is 0.0989. The van der Waals surface area contributed by atoms with Crippen molar-refractivity contribution >= 4 is 35.0 Å². The topological polar surface area (TPSA) is 38.3 Å². The first-order chi connectivity index (χ1) is 12.7. The van der Waals surface area contributed by atoms with E-state index in [0.717, 1.165) is 15.5 Å².